The minimum Gasteiger partial charge on any atom is -0.460 e. The first kappa shape index (κ1) is 8.45. The number of esters is 1. The summed E-state index contributed by atoms with van der Waals surface area (Å²) in [5, 5.41) is 10.6. The molecule has 1 rings (SSSR count). The van der Waals surface area contributed by atoms with Crippen molar-refractivity contribution in [1.29, 1.82) is 0 Å². The van der Waals surface area contributed by atoms with Gasteiger partial charge < -0.3 is 4.74 Å². The van der Waals surface area contributed by atoms with Gasteiger partial charge in [-0.25, -0.2) is 9.78 Å². The van der Waals surface area contributed by atoms with Crippen LogP contribution >= 0.6 is 0 Å². The summed E-state index contributed by atoms with van der Waals surface area (Å²) < 4.78 is 4.58. The summed E-state index contributed by atoms with van der Waals surface area (Å²) in [5.41, 5.74) is 0. The fraction of sp³-hybridized carbons (Fsp3) is 0.286. The third-order valence-electron chi connectivity index (χ3n) is 1.09. The zero-order valence-electron chi connectivity index (χ0n) is 6.48. The molecule has 5 nitrogen and oxygen atoms in total. The molecule has 1 aromatic heterocycles. The number of nitrogens with zero attached hydrogens (tertiary/aromatic N) is 2. The molecule has 0 aromatic carbocycles. The Labute approximate surface area is 69.0 Å². The van der Waals surface area contributed by atoms with E-state index in [9.17, 15) is 9.90 Å². The molecule has 0 bridgehead atoms. The van der Waals surface area contributed by atoms with Crippen LogP contribution < -0.4 is 0 Å². The molecule has 0 aliphatic heterocycles. The molecule has 0 aliphatic rings. The summed E-state index contributed by atoms with van der Waals surface area (Å²) in [6.45, 7) is 1.91. The first-order valence-electron chi connectivity index (χ1n) is 3.41. The normalized spacial score (nSPS) is 9.42. The summed E-state index contributed by atoms with van der Waals surface area (Å²) in [5.74, 6) is -1.35. The van der Waals surface area contributed by atoms with Crippen LogP contribution in [0.5, 0.6) is 5.88 Å². The van der Waals surface area contributed by atoms with Crippen molar-refractivity contribution < 1.29 is 14.6 Å². The van der Waals surface area contributed by atoms with Gasteiger partial charge in [-0.1, -0.05) is 0 Å². The molecule has 0 aliphatic carbocycles. The van der Waals surface area contributed by atoms with Crippen molar-refractivity contribution in [3.8, 4) is 5.88 Å². The van der Waals surface area contributed by atoms with E-state index >= 15 is 0 Å². The SMILES string of the molecule is CCOC(=O)c1nccc([O])n1. The van der Waals surface area contributed by atoms with E-state index < -0.39 is 11.8 Å². The molecular weight excluding hydrogens is 160 g/mol. The Bertz CT molecular complexity index is 288. The summed E-state index contributed by atoms with van der Waals surface area (Å²) in [6, 6.07) is 1.17. The lowest BCUT2D eigenvalue weighted by molar-refractivity contribution is 0.0510. The highest BCUT2D eigenvalue weighted by atomic mass is 16.5. The number of hydrogen-bond donors (Lipinski definition) is 0. The van der Waals surface area contributed by atoms with Crippen LogP contribution in [-0.4, -0.2) is 22.5 Å². The molecular formula is C7H7N2O3. The van der Waals surface area contributed by atoms with E-state index in [1.54, 1.807) is 6.92 Å². The van der Waals surface area contributed by atoms with Crippen molar-refractivity contribution in [2.45, 2.75) is 6.92 Å². The standard InChI is InChI=1S/C7H7N2O3/c1-2-12-7(11)6-8-4-3-5(10)9-6/h3-4H,2H2,1H3. The van der Waals surface area contributed by atoms with Crippen LogP contribution in [-0.2, 0) is 9.84 Å². The maximum absolute atomic E-state index is 10.9. The Morgan fingerprint density at radius 1 is 1.67 bits per heavy atom. The Morgan fingerprint density at radius 3 is 3.00 bits per heavy atom. The van der Waals surface area contributed by atoms with E-state index in [2.05, 4.69) is 14.7 Å². The van der Waals surface area contributed by atoms with Crippen molar-refractivity contribution >= 4 is 5.97 Å². The molecule has 0 unspecified atom stereocenters. The summed E-state index contributed by atoms with van der Waals surface area (Å²) in [7, 11) is 0. The van der Waals surface area contributed by atoms with Gasteiger partial charge in [0, 0.05) is 12.3 Å². The minimum absolute atomic E-state index is 0.190. The number of aromatic nitrogens is 2. The fourth-order valence-electron chi connectivity index (χ4n) is 0.636. The van der Waals surface area contributed by atoms with Gasteiger partial charge in [0.05, 0.1) is 6.61 Å². The van der Waals surface area contributed by atoms with Crippen LogP contribution in [0.4, 0.5) is 0 Å². The quantitative estimate of drug-likeness (QED) is 0.610. The molecule has 0 saturated heterocycles. The lowest BCUT2D eigenvalue weighted by Gasteiger charge is -1.97. The van der Waals surface area contributed by atoms with Crippen LogP contribution in [0, 0.1) is 0 Å². The van der Waals surface area contributed by atoms with Gasteiger partial charge in [0.1, 0.15) is 0 Å². The molecule has 1 heterocycles. The molecule has 0 N–H and O–H groups in total. The molecule has 0 atom stereocenters. The number of carbonyl (C=O) groups is 1. The summed E-state index contributed by atoms with van der Waals surface area (Å²) in [6.07, 6.45) is 1.22. The van der Waals surface area contributed by atoms with Crippen LogP contribution in [0.25, 0.3) is 0 Å². The average Bonchev–Trinajstić information content (AvgIpc) is 2.05. The smallest absolute Gasteiger partial charge is 0.376 e. The van der Waals surface area contributed by atoms with Crippen molar-refractivity contribution in [2.24, 2.45) is 0 Å². The first-order chi connectivity index (χ1) is 5.74. The number of ether oxygens (including phenoxy) is 1. The van der Waals surface area contributed by atoms with Gasteiger partial charge in [0.15, 0.2) is 0 Å². The maximum atomic E-state index is 10.9. The second-order valence-corrected chi connectivity index (χ2v) is 1.94. The lowest BCUT2D eigenvalue weighted by atomic mass is 10.5. The van der Waals surface area contributed by atoms with Crippen molar-refractivity contribution in [1.82, 2.24) is 9.97 Å². The highest BCUT2D eigenvalue weighted by molar-refractivity contribution is 5.85. The van der Waals surface area contributed by atoms with E-state index in [1.165, 1.54) is 12.3 Å². The van der Waals surface area contributed by atoms with E-state index in [-0.39, 0.29) is 12.4 Å². The second kappa shape index (κ2) is 3.66. The molecule has 5 heteroatoms. The van der Waals surface area contributed by atoms with Gasteiger partial charge in [-0.3, -0.25) is 5.11 Å². The predicted octanol–water partition coefficient (Wildman–Crippen LogP) is 0.797. The number of hydrogen-bond acceptors (Lipinski definition) is 4. The average molecular weight is 167 g/mol. The molecule has 0 amide bonds. The molecule has 1 aromatic rings. The van der Waals surface area contributed by atoms with Gasteiger partial charge in [0.25, 0.3) is 5.88 Å². The van der Waals surface area contributed by atoms with E-state index in [1.807, 2.05) is 0 Å². The van der Waals surface area contributed by atoms with Crippen molar-refractivity contribution in [3.05, 3.63) is 18.1 Å². The Hall–Kier alpha value is -1.65. The number of rotatable bonds is 2. The topological polar surface area (TPSA) is 72.0 Å². The number of carbonyl (C=O) groups excluding carboxylic acids is 1. The van der Waals surface area contributed by atoms with Crippen LogP contribution in [0.2, 0.25) is 0 Å². The van der Waals surface area contributed by atoms with E-state index in [0.717, 1.165) is 0 Å². The Kier molecular flexibility index (Phi) is 2.57. The molecule has 63 valence electrons. The van der Waals surface area contributed by atoms with Gasteiger partial charge in [-0.05, 0) is 6.92 Å². The van der Waals surface area contributed by atoms with Gasteiger partial charge in [0.2, 0.25) is 5.82 Å². The minimum atomic E-state index is -0.671. The second-order valence-electron chi connectivity index (χ2n) is 1.94. The van der Waals surface area contributed by atoms with Crippen LogP contribution in [0.15, 0.2) is 12.3 Å². The lowest BCUT2D eigenvalue weighted by Crippen LogP contribution is -2.08. The third-order valence-corrected chi connectivity index (χ3v) is 1.09. The predicted molar refractivity (Wildman–Crippen MR) is 38.1 cm³/mol. The van der Waals surface area contributed by atoms with E-state index in [4.69, 9.17) is 0 Å². The monoisotopic (exact) mass is 167 g/mol. The summed E-state index contributed by atoms with van der Waals surface area (Å²) >= 11 is 0. The van der Waals surface area contributed by atoms with Crippen molar-refractivity contribution in [3.63, 3.8) is 0 Å². The van der Waals surface area contributed by atoms with Gasteiger partial charge in [-0.2, -0.15) is 4.98 Å². The Morgan fingerprint density at radius 2 is 2.42 bits per heavy atom. The zero-order valence-corrected chi connectivity index (χ0v) is 6.48. The highest BCUT2D eigenvalue weighted by Crippen LogP contribution is 2.03. The van der Waals surface area contributed by atoms with Crippen molar-refractivity contribution in [2.75, 3.05) is 6.61 Å². The molecule has 0 fully saturated rings. The zero-order chi connectivity index (χ0) is 8.97. The maximum Gasteiger partial charge on any atom is 0.376 e. The highest BCUT2D eigenvalue weighted by Gasteiger charge is 2.10. The van der Waals surface area contributed by atoms with Gasteiger partial charge >= 0.3 is 5.97 Å². The fourth-order valence-corrected chi connectivity index (χ4v) is 0.636. The van der Waals surface area contributed by atoms with E-state index in [0.29, 0.717) is 0 Å². The van der Waals surface area contributed by atoms with Gasteiger partial charge in [-0.15, -0.1) is 0 Å². The Balaban J connectivity index is 2.81. The third kappa shape index (κ3) is 1.91. The molecule has 1 radical (unpaired) electrons. The summed E-state index contributed by atoms with van der Waals surface area (Å²) in [4.78, 5) is 17.8. The molecule has 0 saturated carbocycles. The first-order valence-corrected chi connectivity index (χ1v) is 3.41. The van der Waals surface area contributed by atoms with Crippen LogP contribution in [0.1, 0.15) is 17.5 Å². The molecule has 12 heavy (non-hydrogen) atoms. The molecule has 0 spiro atoms. The van der Waals surface area contributed by atoms with Crippen LogP contribution in [0.3, 0.4) is 0 Å². The largest absolute Gasteiger partial charge is 0.460 e.